The van der Waals surface area contributed by atoms with E-state index in [0.29, 0.717) is 21.6 Å². The lowest BCUT2D eigenvalue weighted by atomic mass is 10.4. The van der Waals surface area contributed by atoms with Crippen molar-refractivity contribution >= 4 is 37.8 Å². The molecule has 1 rings (SSSR count). The number of esters is 1. The molecule has 16 heavy (non-hydrogen) atoms. The molecule has 0 fully saturated rings. The normalized spacial score (nSPS) is 12.0. The van der Waals surface area contributed by atoms with Gasteiger partial charge in [0.25, 0.3) is 0 Å². The lowest BCUT2D eigenvalue weighted by Crippen LogP contribution is -2.26. The summed E-state index contributed by atoms with van der Waals surface area (Å²) >= 11 is 6.47. The molecule has 1 aromatic rings. The topological polar surface area (TPSA) is 48.4 Å². The van der Waals surface area contributed by atoms with Gasteiger partial charge in [0, 0.05) is 0 Å². The number of hydrogen-bond acceptors (Lipinski definition) is 4. The van der Waals surface area contributed by atoms with Gasteiger partial charge in [-0.15, -0.1) is 0 Å². The van der Waals surface area contributed by atoms with E-state index in [1.54, 1.807) is 26.0 Å². The second-order valence-electron chi connectivity index (χ2n) is 2.94. The minimum absolute atomic E-state index is 0.340. The summed E-state index contributed by atoms with van der Waals surface area (Å²) in [5.41, 5.74) is 0. The first-order valence-electron chi connectivity index (χ1n) is 4.70. The third-order valence-electron chi connectivity index (χ3n) is 1.70. The zero-order valence-electron chi connectivity index (χ0n) is 8.87. The van der Waals surface area contributed by atoms with E-state index < -0.39 is 12.1 Å². The molecule has 0 aliphatic rings. The van der Waals surface area contributed by atoms with Crippen LogP contribution in [0.3, 0.4) is 0 Å². The molecule has 0 bridgehead atoms. The van der Waals surface area contributed by atoms with Crippen molar-refractivity contribution in [1.29, 1.82) is 0 Å². The number of carbonyl (C=O) groups excluding carboxylic acids is 1. The van der Waals surface area contributed by atoms with Crippen LogP contribution in [0.1, 0.15) is 13.8 Å². The van der Waals surface area contributed by atoms with Crippen molar-refractivity contribution in [3.05, 3.63) is 21.3 Å². The molecule has 0 aromatic carbocycles. The number of ether oxygens (including phenoxy) is 2. The Kier molecular flexibility index (Phi) is 5.21. The van der Waals surface area contributed by atoms with Crippen LogP contribution >= 0.6 is 31.9 Å². The van der Waals surface area contributed by atoms with Crippen LogP contribution in [0.5, 0.6) is 5.75 Å². The van der Waals surface area contributed by atoms with E-state index in [1.807, 2.05) is 0 Å². The highest BCUT2D eigenvalue weighted by molar-refractivity contribution is 9.11. The summed E-state index contributed by atoms with van der Waals surface area (Å²) < 4.78 is 11.5. The highest BCUT2D eigenvalue weighted by atomic mass is 79.9. The van der Waals surface area contributed by atoms with Crippen molar-refractivity contribution in [2.24, 2.45) is 0 Å². The minimum Gasteiger partial charge on any atom is -0.476 e. The Hall–Kier alpha value is -0.620. The van der Waals surface area contributed by atoms with Gasteiger partial charge >= 0.3 is 5.97 Å². The van der Waals surface area contributed by atoms with Crippen LogP contribution in [0.25, 0.3) is 0 Å². The van der Waals surface area contributed by atoms with E-state index in [9.17, 15) is 4.79 Å². The van der Waals surface area contributed by atoms with Crippen LogP contribution in [-0.2, 0) is 9.53 Å². The molecule has 88 valence electrons. The highest BCUT2D eigenvalue weighted by Gasteiger charge is 2.17. The number of nitrogens with zero attached hydrogens (tertiary/aromatic N) is 1. The molecule has 0 spiro atoms. The van der Waals surface area contributed by atoms with Crippen LogP contribution in [0.4, 0.5) is 0 Å². The molecule has 0 amide bonds. The average molecular weight is 353 g/mol. The van der Waals surface area contributed by atoms with Crippen molar-refractivity contribution in [2.45, 2.75) is 20.0 Å². The van der Waals surface area contributed by atoms with Gasteiger partial charge in [0.1, 0.15) is 9.21 Å². The zero-order chi connectivity index (χ0) is 12.1. The fraction of sp³-hybridized carbons (Fsp3) is 0.400. The second-order valence-corrected chi connectivity index (χ2v) is 4.50. The summed E-state index contributed by atoms with van der Waals surface area (Å²) in [6.07, 6.45) is -0.653. The Morgan fingerprint density at radius 2 is 2.19 bits per heavy atom. The van der Waals surface area contributed by atoms with Crippen LogP contribution in [0.15, 0.2) is 21.3 Å². The molecule has 1 unspecified atom stereocenters. The Morgan fingerprint density at radius 1 is 1.50 bits per heavy atom. The molecule has 0 radical (unpaired) electrons. The molecule has 0 aliphatic carbocycles. The first-order chi connectivity index (χ1) is 7.54. The SMILES string of the molecule is CCOC(=O)C(C)Oc1ccc(Br)nc1Br. The van der Waals surface area contributed by atoms with Crippen LogP contribution in [0, 0.1) is 0 Å². The Bertz CT molecular complexity index is 384. The fourth-order valence-corrected chi connectivity index (χ4v) is 1.95. The van der Waals surface area contributed by atoms with Gasteiger partial charge in [-0.2, -0.15) is 0 Å². The first kappa shape index (κ1) is 13.4. The molecule has 0 N–H and O–H groups in total. The summed E-state index contributed by atoms with van der Waals surface area (Å²) in [4.78, 5) is 15.4. The minimum atomic E-state index is -0.653. The van der Waals surface area contributed by atoms with Crippen molar-refractivity contribution in [3.63, 3.8) is 0 Å². The van der Waals surface area contributed by atoms with E-state index in [4.69, 9.17) is 9.47 Å². The fourth-order valence-electron chi connectivity index (χ4n) is 0.985. The molecular formula is C10H11Br2NO3. The maximum atomic E-state index is 11.3. The Morgan fingerprint density at radius 3 is 2.75 bits per heavy atom. The molecule has 0 saturated heterocycles. The van der Waals surface area contributed by atoms with Gasteiger partial charge < -0.3 is 9.47 Å². The van der Waals surface area contributed by atoms with E-state index >= 15 is 0 Å². The summed E-state index contributed by atoms with van der Waals surface area (Å²) in [6.45, 7) is 3.72. The van der Waals surface area contributed by atoms with E-state index in [1.165, 1.54) is 0 Å². The predicted octanol–water partition coefficient (Wildman–Crippen LogP) is 2.94. The van der Waals surface area contributed by atoms with E-state index in [-0.39, 0.29) is 0 Å². The largest absolute Gasteiger partial charge is 0.476 e. The molecule has 4 nitrogen and oxygen atoms in total. The lowest BCUT2D eigenvalue weighted by molar-refractivity contribution is -0.150. The predicted molar refractivity (Wildman–Crippen MR) is 66.4 cm³/mol. The number of rotatable bonds is 4. The number of aromatic nitrogens is 1. The zero-order valence-corrected chi connectivity index (χ0v) is 12.0. The molecular weight excluding hydrogens is 342 g/mol. The number of hydrogen-bond donors (Lipinski definition) is 0. The summed E-state index contributed by atoms with van der Waals surface area (Å²) in [5, 5.41) is 0. The Labute approximate surface area is 111 Å². The summed E-state index contributed by atoms with van der Waals surface area (Å²) in [7, 11) is 0. The van der Waals surface area contributed by atoms with Gasteiger partial charge in [-0.25, -0.2) is 9.78 Å². The van der Waals surface area contributed by atoms with Gasteiger partial charge in [-0.3, -0.25) is 0 Å². The van der Waals surface area contributed by atoms with Crippen LogP contribution in [-0.4, -0.2) is 23.7 Å². The van der Waals surface area contributed by atoms with Gasteiger partial charge in [-0.05, 0) is 57.8 Å². The maximum Gasteiger partial charge on any atom is 0.347 e. The summed E-state index contributed by atoms with van der Waals surface area (Å²) in [5.74, 6) is 0.112. The molecule has 0 saturated carbocycles. The van der Waals surface area contributed by atoms with Crippen molar-refractivity contribution in [3.8, 4) is 5.75 Å². The number of carbonyl (C=O) groups is 1. The average Bonchev–Trinajstić information content (AvgIpc) is 2.22. The quantitative estimate of drug-likeness (QED) is 0.617. The summed E-state index contributed by atoms with van der Waals surface area (Å²) in [6, 6.07) is 3.45. The molecule has 1 atom stereocenters. The molecule has 0 aliphatic heterocycles. The second kappa shape index (κ2) is 6.20. The van der Waals surface area contributed by atoms with Gasteiger partial charge in [0.05, 0.1) is 6.61 Å². The monoisotopic (exact) mass is 351 g/mol. The van der Waals surface area contributed by atoms with Gasteiger partial charge in [0.15, 0.2) is 11.9 Å². The number of halogens is 2. The standard InChI is InChI=1S/C10H11Br2NO3/c1-3-15-10(14)6(2)16-7-4-5-8(11)13-9(7)12/h4-6H,3H2,1-2H3. The van der Waals surface area contributed by atoms with Crippen molar-refractivity contribution < 1.29 is 14.3 Å². The molecule has 1 heterocycles. The van der Waals surface area contributed by atoms with E-state index in [0.717, 1.165) is 0 Å². The molecule has 1 aromatic heterocycles. The first-order valence-corrected chi connectivity index (χ1v) is 6.28. The smallest absolute Gasteiger partial charge is 0.347 e. The third kappa shape index (κ3) is 3.75. The van der Waals surface area contributed by atoms with E-state index in [2.05, 4.69) is 36.8 Å². The van der Waals surface area contributed by atoms with Crippen LogP contribution < -0.4 is 4.74 Å². The third-order valence-corrected chi connectivity index (χ3v) is 2.71. The molecule has 6 heteroatoms. The van der Waals surface area contributed by atoms with Gasteiger partial charge in [-0.1, -0.05) is 0 Å². The highest BCUT2D eigenvalue weighted by Crippen LogP contribution is 2.25. The van der Waals surface area contributed by atoms with Crippen molar-refractivity contribution in [1.82, 2.24) is 4.98 Å². The van der Waals surface area contributed by atoms with Gasteiger partial charge in [0.2, 0.25) is 0 Å². The van der Waals surface area contributed by atoms with Crippen molar-refractivity contribution in [2.75, 3.05) is 6.61 Å². The van der Waals surface area contributed by atoms with Crippen LogP contribution in [0.2, 0.25) is 0 Å². The lowest BCUT2D eigenvalue weighted by Gasteiger charge is -2.13. The Balaban J connectivity index is 2.69. The maximum absolute atomic E-state index is 11.3. The number of pyridine rings is 1.